The van der Waals surface area contributed by atoms with E-state index in [1.165, 1.54) is 23.5 Å². The molecule has 10 heteroatoms. The molecule has 0 aliphatic heterocycles. The second-order valence-electron chi connectivity index (χ2n) is 6.01. The predicted octanol–water partition coefficient (Wildman–Crippen LogP) is 4.42. The molecule has 3 N–H and O–H groups in total. The molecule has 0 bridgehead atoms. The van der Waals surface area contributed by atoms with Crippen molar-refractivity contribution in [2.75, 3.05) is 19.8 Å². The second kappa shape index (κ2) is 9.69. The Bertz CT molecular complexity index is 1000. The minimum atomic E-state index is -0.615. The van der Waals surface area contributed by atoms with Crippen LogP contribution in [0.5, 0.6) is 11.5 Å². The van der Waals surface area contributed by atoms with E-state index in [-0.39, 0.29) is 24.0 Å². The van der Waals surface area contributed by atoms with Gasteiger partial charge in [0.25, 0.3) is 0 Å². The lowest BCUT2D eigenvalue weighted by atomic mass is 10.2. The minimum Gasteiger partial charge on any atom is -0.492 e. The molecule has 29 heavy (non-hydrogen) atoms. The van der Waals surface area contributed by atoms with Crippen LogP contribution < -0.4 is 15.2 Å². The molecule has 0 aliphatic rings. The van der Waals surface area contributed by atoms with E-state index in [9.17, 15) is 4.39 Å². The van der Waals surface area contributed by atoms with Crippen LogP contribution in [0, 0.1) is 5.82 Å². The van der Waals surface area contributed by atoms with Crippen molar-refractivity contribution in [1.82, 2.24) is 10.2 Å². The van der Waals surface area contributed by atoms with Crippen molar-refractivity contribution < 1.29 is 19.0 Å². The van der Waals surface area contributed by atoms with Crippen molar-refractivity contribution >= 4 is 34.5 Å². The third kappa shape index (κ3) is 5.15. The highest BCUT2D eigenvalue weighted by atomic mass is 35.5. The summed E-state index contributed by atoms with van der Waals surface area (Å²) >= 11 is 13.8. The summed E-state index contributed by atoms with van der Waals surface area (Å²) in [6, 6.07) is 7.30. The van der Waals surface area contributed by atoms with Crippen molar-refractivity contribution in [3.05, 3.63) is 46.2 Å². The first-order valence-electron chi connectivity index (χ1n) is 8.67. The van der Waals surface area contributed by atoms with Crippen LogP contribution in [0.4, 0.5) is 4.39 Å². The number of benzene rings is 2. The predicted molar refractivity (Wildman–Crippen MR) is 112 cm³/mol. The fourth-order valence-corrected chi connectivity index (χ4v) is 3.81. The number of aromatic nitrogens is 2. The largest absolute Gasteiger partial charge is 0.492 e. The van der Waals surface area contributed by atoms with E-state index in [0.29, 0.717) is 33.0 Å². The molecule has 0 amide bonds. The van der Waals surface area contributed by atoms with Gasteiger partial charge >= 0.3 is 0 Å². The fourth-order valence-electron chi connectivity index (χ4n) is 2.41. The lowest BCUT2D eigenvalue weighted by molar-refractivity contribution is 0.202. The van der Waals surface area contributed by atoms with E-state index in [0.717, 1.165) is 5.56 Å². The highest BCUT2D eigenvalue weighted by molar-refractivity contribution is 7.18. The van der Waals surface area contributed by atoms with Gasteiger partial charge in [-0.1, -0.05) is 34.5 Å². The van der Waals surface area contributed by atoms with Gasteiger partial charge < -0.3 is 20.3 Å². The number of aliphatic hydroxyl groups is 1. The van der Waals surface area contributed by atoms with Crippen molar-refractivity contribution in [1.29, 1.82) is 0 Å². The third-order valence-corrected chi connectivity index (χ3v) is 5.46. The van der Waals surface area contributed by atoms with Crippen molar-refractivity contribution in [3.8, 4) is 32.6 Å². The number of nitrogens with two attached hydrogens (primary N) is 1. The van der Waals surface area contributed by atoms with Gasteiger partial charge in [0.2, 0.25) is 0 Å². The zero-order valence-electron chi connectivity index (χ0n) is 15.4. The number of ether oxygens (including phenoxy) is 2. The van der Waals surface area contributed by atoms with Crippen LogP contribution >= 0.6 is 34.5 Å². The van der Waals surface area contributed by atoms with Crippen LogP contribution in [0.25, 0.3) is 21.1 Å². The molecule has 0 aliphatic carbocycles. The molecule has 6 nitrogen and oxygen atoms in total. The lowest BCUT2D eigenvalue weighted by Crippen LogP contribution is -2.31. The average Bonchev–Trinajstić information content (AvgIpc) is 3.19. The summed E-state index contributed by atoms with van der Waals surface area (Å²) in [6.45, 7) is 2.08. The Labute approximate surface area is 181 Å². The zero-order valence-corrected chi connectivity index (χ0v) is 17.7. The molecule has 1 unspecified atom stereocenters. The van der Waals surface area contributed by atoms with E-state index in [4.69, 9.17) is 43.5 Å². The summed E-state index contributed by atoms with van der Waals surface area (Å²) in [5, 5.41) is 19.0. The number of halogens is 3. The highest BCUT2D eigenvalue weighted by Crippen LogP contribution is 2.38. The maximum atomic E-state index is 14.4. The molecule has 0 saturated carbocycles. The Morgan fingerprint density at radius 3 is 2.55 bits per heavy atom. The number of aliphatic hydroxyl groups excluding tert-OH is 1. The molecule has 1 aromatic heterocycles. The number of nitrogens with zero attached hydrogens (tertiary/aromatic N) is 2. The summed E-state index contributed by atoms with van der Waals surface area (Å²) in [4.78, 5) is 0. The van der Waals surface area contributed by atoms with Crippen LogP contribution in [0.15, 0.2) is 30.3 Å². The van der Waals surface area contributed by atoms with E-state index in [1.54, 1.807) is 12.1 Å². The van der Waals surface area contributed by atoms with Crippen molar-refractivity contribution in [2.24, 2.45) is 5.73 Å². The number of hydrogen-bond acceptors (Lipinski definition) is 7. The number of rotatable bonds is 8. The first-order valence-corrected chi connectivity index (χ1v) is 10.2. The topological polar surface area (TPSA) is 90.5 Å². The van der Waals surface area contributed by atoms with Crippen LogP contribution in [-0.2, 0) is 0 Å². The summed E-state index contributed by atoms with van der Waals surface area (Å²) in [5.74, 6) is -0.0784. The van der Waals surface area contributed by atoms with E-state index in [2.05, 4.69) is 10.2 Å². The fraction of sp³-hybridized carbons (Fsp3) is 0.263. The highest BCUT2D eigenvalue weighted by Gasteiger charge is 2.17. The molecule has 0 radical (unpaired) electrons. The normalized spacial score (nSPS) is 12.1. The van der Waals surface area contributed by atoms with Gasteiger partial charge in [-0.25, -0.2) is 4.39 Å². The van der Waals surface area contributed by atoms with E-state index >= 15 is 0 Å². The van der Waals surface area contributed by atoms with Gasteiger partial charge in [-0.3, -0.25) is 0 Å². The van der Waals surface area contributed by atoms with Gasteiger partial charge in [-0.2, -0.15) is 0 Å². The summed E-state index contributed by atoms with van der Waals surface area (Å²) in [7, 11) is 0. The van der Waals surface area contributed by atoms with Gasteiger partial charge in [-0.15, -0.1) is 10.2 Å². The molecule has 154 valence electrons. The summed E-state index contributed by atoms with van der Waals surface area (Å²) < 4.78 is 25.1. The van der Waals surface area contributed by atoms with Gasteiger partial charge in [0, 0.05) is 17.2 Å². The molecular formula is C19H18Cl2FN3O3S. The number of hydrogen-bond donors (Lipinski definition) is 2. The molecule has 1 heterocycles. The quantitative estimate of drug-likeness (QED) is 0.520. The molecule has 1 atom stereocenters. The summed E-state index contributed by atoms with van der Waals surface area (Å²) in [6.07, 6.45) is 0. The summed E-state index contributed by atoms with van der Waals surface area (Å²) in [5.41, 5.74) is 6.71. The van der Waals surface area contributed by atoms with Crippen LogP contribution in [-0.4, -0.2) is 41.2 Å². The molecule has 3 aromatic rings. The van der Waals surface area contributed by atoms with Crippen molar-refractivity contribution in [2.45, 2.75) is 13.0 Å². The van der Waals surface area contributed by atoms with Crippen LogP contribution in [0.1, 0.15) is 6.92 Å². The maximum absolute atomic E-state index is 14.4. The molecule has 3 rings (SSSR count). The molecule has 0 fully saturated rings. The Morgan fingerprint density at radius 1 is 1.10 bits per heavy atom. The molecule has 0 saturated heterocycles. The van der Waals surface area contributed by atoms with Gasteiger partial charge in [-0.05, 0) is 31.2 Å². The first kappa shape index (κ1) is 21.7. The second-order valence-corrected chi connectivity index (χ2v) is 7.80. The Morgan fingerprint density at radius 2 is 1.86 bits per heavy atom. The van der Waals surface area contributed by atoms with Gasteiger partial charge in [0.05, 0.1) is 29.3 Å². The average molecular weight is 458 g/mol. The molecular weight excluding hydrogens is 440 g/mol. The SMILES string of the molecule is CCOc1ccc(-c2nnc(-c3cc(F)c(OCC(N)CO)cc3Cl)s2)cc1Cl. The minimum absolute atomic E-state index is 0.0372. The maximum Gasteiger partial charge on any atom is 0.165 e. The molecule has 2 aromatic carbocycles. The van der Waals surface area contributed by atoms with Crippen LogP contribution in [0.2, 0.25) is 10.0 Å². The van der Waals surface area contributed by atoms with E-state index < -0.39 is 11.9 Å². The standard InChI is InChI=1S/C19H18Cl2FN3O3S/c1-2-27-16-4-3-10(5-14(16)21)18-24-25-19(29-18)12-6-15(22)17(7-13(12)20)28-9-11(23)8-26/h3-7,11,26H,2,8-9,23H2,1H3. The monoisotopic (exact) mass is 457 g/mol. The lowest BCUT2D eigenvalue weighted by Gasteiger charge is -2.12. The first-order chi connectivity index (χ1) is 13.9. The zero-order chi connectivity index (χ0) is 21.0. The van der Waals surface area contributed by atoms with Gasteiger partial charge in [0.15, 0.2) is 11.6 Å². The Balaban J connectivity index is 1.85. The van der Waals surface area contributed by atoms with E-state index in [1.807, 2.05) is 13.0 Å². The Hall–Kier alpha value is -1.97. The van der Waals surface area contributed by atoms with Crippen LogP contribution in [0.3, 0.4) is 0 Å². The molecule has 0 spiro atoms. The van der Waals surface area contributed by atoms with Crippen molar-refractivity contribution in [3.63, 3.8) is 0 Å². The third-order valence-electron chi connectivity index (χ3n) is 3.84. The Kier molecular flexibility index (Phi) is 7.26. The smallest absolute Gasteiger partial charge is 0.165 e. The van der Waals surface area contributed by atoms with Gasteiger partial charge in [0.1, 0.15) is 22.4 Å².